The number of hydrogen-bond donors (Lipinski definition) is 3. The van der Waals surface area contributed by atoms with Crippen molar-refractivity contribution in [2.75, 3.05) is 40.1 Å². The van der Waals surface area contributed by atoms with Crippen molar-refractivity contribution in [1.29, 1.82) is 0 Å². The predicted molar refractivity (Wildman–Crippen MR) is 82.0 cm³/mol. The maximum absolute atomic E-state index is 13.7. The van der Waals surface area contributed by atoms with E-state index >= 15 is 0 Å². The van der Waals surface area contributed by atoms with Gasteiger partial charge in [0.2, 0.25) is 0 Å². The molecule has 23 heavy (non-hydrogen) atoms. The first kappa shape index (κ1) is 16.6. The van der Waals surface area contributed by atoms with Crippen LogP contribution in [-0.2, 0) is 15.9 Å². The normalized spacial score (nSPS) is 27.6. The third kappa shape index (κ3) is 3.49. The molecule has 0 radical (unpaired) electrons. The number of hydrogen-bond acceptors (Lipinski definition) is 6. The van der Waals surface area contributed by atoms with Gasteiger partial charge in [0.15, 0.2) is 0 Å². The van der Waals surface area contributed by atoms with Gasteiger partial charge in [-0.15, -0.1) is 0 Å². The monoisotopic (exact) mass is 326 g/mol. The minimum absolute atomic E-state index is 0.210. The molecule has 0 aromatic heterocycles. The Morgan fingerprint density at radius 1 is 1.48 bits per heavy atom. The number of benzene rings is 1. The van der Waals surface area contributed by atoms with E-state index in [4.69, 9.17) is 14.2 Å². The summed E-state index contributed by atoms with van der Waals surface area (Å²) < 4.78 is 30.1. The lowest BCUT2D eigenvalue weighted by molar-refractivity contribution is -0.134. The summed E-state index contributed by atoms with van der Waals surface area (Å²) in [6.07, 6.45) is -0.204. The van der Waals surface area contributed by atoms with Crippen LogP contribution in [0.2, 0.25) is 0 Å². The lowest BCUT2D eigenvalue weighted by atomic mass is 9.81. The third-order valence-corrected chi connectivity index (χ3v) is 4.52. The molecule has 3 atom stereocenters. The number of ether oxygens (including phenoxy) is 3. The number of halogens is 1. The summed E-state index contributed by atoms with van der Waals surface area (Å²) in [6, 6.07) is 4.02. The lowest BCUT2D eigenvalue weighted by Crippen LogP contribution is -2.63. The van der Waals surface area contributed by atoms with E-state index in [0.29, 0.717) is 37.8 Å². The van der Waals surface area contributed by atoms with Crippen LogP contribution < -0.4 is 15.4 Å². The highest BCUT2D eigenvalue weighted by Crippen LogP contribution is 2.31. The fourth-order valence-electron chi connectivity index (χ4n) is 3.25. The highest BCUT2D eigenvalue weighted by atomic mass is 19.1. The van der Waals surface area contributed by atoms with Crippen molar-refractivity contribution in [2.45, 2.75) is 24.2 Å². The van der Waals surface area contributed by atoms with Crippen molar-refractivity contribution in [1.82, 2.24) is 10.6 Å². The van der Waals surface area contributed by atoms with Crippen LogP contribution >= 0.6 is 0 Å². The minimum Gasteiger partial charge on any atom is -0.496 e. The Morgan fingerprint density at radius 3 is 3.00 bits per heavy atom. The second kappa shape index (κ2) is 7.11. The summed E-state index contributed by atoms with van der Waals surface area (Å²) >= 11 is 0. The highest BCUT2D eigenvalue weighted by Gasteiger charge is 2.47. The molecule has 2 unspecified atom stereocenters. The molecule has 0 bridgehead atoms. The largest absolute Gasteiger partial charge is 0.496 e. The summed E-state index contributed by atoms with van der Waals surface area (Å²) in [6.45, 7) is 2.58. The van der Waals surface area contributed by atoms with E-state index in [1.165, 1.54) is 19.2 Å². The summed E-state index contributed by atoms with van der Waals surface area (Å²) in [5.41, 5.74) is -0.622. The van der Waals surface area contributed by atoms with Crippen LogP contribution in [0.15, 0.2) is 18.2 Å². The summed E-state index contributed by atoms with van der Waals surface area (Å²) in [5, 5.41) is 17.8. The fourth-order valence-corrected chi connectivity index (χ4v) is 3.25. The number of nitrogens with one attached hydrogen (secondary N) is 2. The smallest absolute Gasteiger partial charge is 0.123 e. The van der Waals surface area contributed by atoms with E-state index in [1.54, 1.807) is 6.07 Å². The van der Waals surface area contributed by atoms with E-state index in [1.807, 2.05) is 0 Å². The van der Waals surface area contributed by atoms with Crippen molar-refractivity contribution in [3.63, 3.8) is 0 Å². The fraction of sp³-hybridized carbons (Fsp3) is 0.625. The van der Waals surface area contributed by atoms with Gasteiger partial charge in [-0.05, 0) is 18.2 Å². The average Bonchev–Trinajstić information content (AvgIpc) is 3.11. The van der Waals surface area contributed by atoms with Gasteiger partial charge in [0.25, 0.3) is 0 Å². The zero-order valence-corrected chi connectivity index (χ0v) is 13.2. The SMILES string of the molecule is COc1ccc(F)cc1CC(O)(C1COCN1)[C@@H]1CNCCO1. The van der Waals surface area contributed by atoms with E-state index < -0.39 is 11.7 Å². The molecule has 1 aromatic rings. The predicted octanol–water partition coefficient (Wildman–Crippen LogP) is 0.0422. The van der Waals surface area contributed by atoms with E-state index in [9.17, 15) is 9.50 Å². The summed E-state index contributed by atoms with van der Waals surface area (Å²) in [4.78, 5) is 0. The second-order valence-corrected chi connectivity index (χ2v) is 5.96. The van der Waals surface area contributed by atoms with E-state index in [0.717, 1.165) is 6.54 Å². The molecule has 0 amide bonds. The zero-order valence-electron chi connectivity index (χ0n) is 13.2. The molecule has 3 rings (SSSR count). The highest BCUT2D eigenvalue weighted by molar-refractivity contribution is 5.36. The van der Waals surface area contributed by atoms with Gasteiger partial charge in [-0.2, -0.15) is 0 Å². The molecule has 1 aromatic carbocycles. The van der Waals surface area contributed by atoms with Gasteiger partial charge in [0.1, 0.15) is 23.3 Å². The molecule has 2 fully saturated rings. The molecule has 7 heteroatoms. The van der Waals surface area contributed by atoms with Gasteiger partial charge >= 0.3 is 0 Å². The minimum atomic E-state index is -1.23. The molecule has 3 N–H and O–H groups in total. The molecule has 6 nitrogen and oxygen atoms in total. The molecule has 0 saturated carbocycles. The quantitative estimate of drug-likeness (QED) is 0.710. The molecule has 128 valence electrons. The van der Waals surface area contributed by atoms with Crippen LogP contribution in [0.1, 0.15) is 5.56 Å². The van der Waals surface area contributed by atoms with Gasteiger partial charge < -0.3 is 24.6 Å². The van der Waals surface area contributed by atoms with Crippen molar-refractivity contribution >= 4 is 0 Å². The first-order chi connectivity index (χ1) is 11.1. The topological polar surface area (TPSA) is 72.0 Å². The first-order valence-corrected chi connectivity index (χ1v) is 7.82. The Labute approximate surface area is 134 Å². The molecule has 2 saturated heterocycles. The zero-order chi connectivity index (χ0) is 16.3. The van der Waals surface area contributed by atoms with Crippen LogP contribution in [0.5, 0.6) is 5.75 Å². The molecule has 2 heterocycles. The van der Waals surface area contributed by atoms with Gasteiger partial charge in [0, 0.05) is 25.1 Å². The standard InChI is InChI=1S/C16H23FN2O4/c1-21-13-3-2-12(17)6-11(13)7-16(20,14-9-22-10-19-14)15-8-18-4-5-23-15/h2-3,6,14-15,18-20H,4-5,7-10H2,1H3/t14?,15-,16?/m0/s1. The number of methoxy groups -OCH3 is 1. The van der Waals surface area contributed by atoms with Crippen molar-refractivity contribution in [3.05, 3.63) is 29.6 Å². The molecular formula is C16H23FN2O4. The van der Waals surface area contributed by atoms with Gasteiger partial charge in [-0.1, -0.05) is 0 Å². The molecule has 0 aliphatic carbocycles. The van der Waals surface area contributed by atoms with E-state index in [-0.39, 0.29) is 18.3 Å². The summed E-state index contributed by atoms with van der Waals surface area (Å²) in [5.74, 6) is 0.189. The number of rotatable bonds is 5. The van der Waals surface area contributed by atoms with Crippen molar-refractivity contribution in [3.8, 4) is 5.75 Å². The van der Waals surface area contributed by atoms with Crippen LogP contribution in [0.3, 0.4) is 0 Å². The molecule has 0 spiro atoms. The third-order valence-electron chi connectivity index (χ3n) is 4.52. The van der Waals surface area contributed by atoms with Gasteiger partial charge in [-0.3, -0.25) is 5.32 Å². The maximum Gasteiger partial charge on any atom is 0.123 e. The Hall–Kier alpha value is -1.25. The van der Waals surface area contributed by atoms with Crippen LogP contribution in [-0.4, -0.2) is 63.0 Å². The molecule has 2 aliphatic heterocycles. The Balaban J connectivity index is 1.90. The summed E-state index contributed by atoms with van der Waals surface area (Å²) in [7, 11) is 1.53. The van der Waals surface area contributed by atoms with E-state index in [2.05, 4.69) is 10.6 Å². The number of morpholine rings is 1. The Kier molecular flexibility index (Phi) is 5.13. The van der Waals surface area contributed by atoms with Gasteiger partial charge in [0.05, 0.1) is 33.1 Å². The van der Waals surface area contributed by atoms with Crippen LogP contribution in [0.4, 0.5) is 4.39 Å². The molecule has 2 aliphatic rings. The van der Waals surface area contributed by atoms with Gasteiger partial charge in [-0.25, -0.2) is 4.39 Å². The van der Waals surface area contributed by atoms with Crippen LogP contribution in [0, 0.1) is 5.82 Å². The Bertz CT molecular complexity index is 533. The Morgan fingerprint density at radius 2 is 2.35 bits per heavy atom. The average molecular weight is 326 g/mol. The van der Waals surface area contributed by atoms with Crippen LogP contribution in [0.25, 0.3) is 0 Å². The number of aliphatic hydroxyl groups is 1. The van der Waals surface area contributed by atoms with Crippen molar-refractivity contribution in [2.24, 2.45) is 0 Å². The first-order valence-electron chi connectivity index (χ1n) is 7.82. The van der Waals surface area contributed by atoms with Crippen molar-refractivity contribution < 1.29 is 23.7 Å². The lowest BCUT2D eigenvalue weighted by Gasteiger charge is -2.42. The molecular weight excluding hydrogens is 303 g/mol. The second-order valence-electron chi connectivity index (χ2n) is 5.96. The maximum atomic E-state index is 13.7.